The minimum absolute atomic E-state index is 0.234. The smallest absolute Gasteiger partial charge is 0.290 e. The molecule has 0 saturated carbocycles. The van der Waals surface area contributed by atoms with Crippen LogP contribution in [0.5, 0.6) is 11.5 Å². The van der Waals surface area contributed by atoms with Gasteiger partial charge in [-0.25, -0.2) is 0 Å². The van der Waals surface area contributed by atoms with Gasteiger partial charge < -0.3 is 33.7 Å². The Bertz CT molecular complexity index is 955. The SMILES string of the molecule is CCOc1cc(N2CCOCC2)c(OCC)cc1NC(=O)[C@@H]1CCCN1C(=O)c1ccco1. The highest BCUT2D eigenvalue weighted by atomic mass is 16.5. The van der Waals surface area contributed by atoms with Crippen molar-refractivity contribution in [3.05, 3.63) is 36.3 Å². The number of nitrogens with zero attached hydrogens (tertiary/aromatic N) is 2. The van der Waals surface area contributed by atoms with E-state index in [2.05, 4.69) is 10.2 Å². The van der Waals surface area contributed by atoms with Crippen LogP contribution in [0.2, 0.25) is 0 Å². The first kappa shape index (κ1) is 23.0. The van der Waals surface area contributed by atoms with Crippen LogP contribution >= 0.6 is 0 Å². The summed E-state index contributed by atoms with van der Waals surface area (Å²) in [7, 11) is 0. The number of nitrogens with one attached hydrogen (secondary N) is 1. The van der Waals surface area contributed by atoms with Crippen LogP contribution in [0, 0.1) is 0 Å². The first-order chi connectivity index (χ1) is 16.1. The van der Waals surface area contributed by atoms with Crippen molar-refractivity contribution in [1.29, 1.82) is 0 Å². The van der Waals surface area contributed by atoms with Gasteiger partial charge in [-0.15, -0.1) is 0 Å². The van der Waals surface area contributed by atoms with Gasteiger partial charge in [0, 0.05) is 31.8 Å². The monoisotopic (exact) mass is 457 g/mol. The average molecular weight is 458 g/mol. The van der Waals surface area contributed by atoms with Crippen molar-refractivity contribution >= 4 is 23.2 Å². The molecule has 4 rings (SSSR count). The van der Waals surface area contributed by atoms with Crippen molar-refractivity contribution in [3.63, 3.8) is 0 Å². The topological polar surface area (TPSA) is 93.5 Å². The quantitative estimate of drug-likeness (QED) is 0.651. The number of carbonyl (C=O) groups is 2. The Morgan fingerprint density at radius 3 is 2.55 bits per heavy atom. The molecule has 2 saturated heterocycles. The molecule has 1 atom stereocenters. The lowest BCUT2D eigenvalue weighted by Gasteiger charge is -2.31. The van der Waals surface area contributed by atoms with Gasteiger partial charge in [-0.3, -0.25) is 9.59 Å². The maximum absolute atomic E-state index is 13.3. The summed E-state index contributed by atoms with van der Waals surface area (Å²) in [5.74, 6) is 0.944. The molecule has 1 N–H and O–H groups in total. The number of furan rings is 1. The van der Waals surface area contributed by atoms with Crippen LogP contribution in [-0.4, -0.2) is 68.8 Å². The van der Waals surface area contributed by atoms with Crippen molar-refractivity contribution in [1.82, 2.24) is 4.90 Å². The first-order valence-corrected chi connectivity index (χ1v) is 11.5. The third kappa shape index (κ3) is 5.08. The van der Waals surface area contributed by atoms with Crippen molar-refractivity contribution in [3.8, 4) is 11.5 Å². The second kappa shape index (κ2) is 10.6. The molecule has 0 unspecified atom stereocenters. The van der Waals surface area contributed by atoms with E-state index in [-0.39, 0.29) is 17.6 Å². The molecule has 33 heavy (non-hydrogen) atoms. The van der Waals surface area contributed by atoms with Crippen LogP contribution in [0.15, 0.2) is 34.9 Å². The fraction of sp³-hybridized carbons (Fsp3) is 0.500. The van der Waals surface area contributed by atoms with E-state index in [9.17, 15) is 9.59 Å². The van der Waals surface area contributed by atoms with Crippen LogP contribution in [0.4, 0.5) is 11.4 Å². The van der Waals surface area contributed by atoms with Crippen LogP contribution in [-0.2, 0) is 9.53 Å². The number of hydrogen-bond donors (Lipinski definition) is 1. The Morgan fingerprint density at radius 2 is 1.85 bits per heavy atom. The number of rotatable bonds is 8. The fourth-order valence-corrected chi connectivity index (χ4v) is 4.28. The molecule has 2 aliphatic rings. The molecule has 9 heteroatoms. The van der Waals surface area contributed by atoms with E-state index in [1.807, 2.05) is 26.0 Å². The molecule has 178 valence electrons. The zero-order valence-corrected chi connectivity index (χ0v) is 19.2. The van der Waals surface area contributed by atoms with Crippen molar-refractivity contribution in [2.45, 2.75) is 32.7 Å². The van der Waals surface area contributed by atoms with Crippen LogP contribution < -0.4 is 19.7 Å². The molecule has 2 aromatic rings. The van der Waals surface area contributed by atoms with Crippen LogP contribution in [0.3, 0.4) is 0 Å². The van der Waals surface area contributed by atoms with E-state index in [1.165, 1.54) is 6.26 Å². The molecule has 2 aliphatic heterocycles. The highest BCUT2D eigenvalue weighted by Crippen LogP contribution is 2.39. The van der Waals surface area contributed by atoms with Gasteiger partial charge in [0.15, 0.2) is 5.76 Å². The lowest BCUT2D eigenvalue weighted by atomic mass is 10.1. The lowest BCUT2D eigenvalue weighted by Crippen LogP contribution is -2.43. The van der Waals surface area contributed by atoms with E-state index >= 15 is 0 Å². The van der Waals surface area contributed by atoms with Gasteiger partial charge in [-0.05, 0) is 38.8 Å². The minimum Gasteiger partial charge on any atom is -0.492 e. The molecule has 3 heterocycles. The number of morpholine rings is 1. The van der Waals surface area contributed by atoms with Gasteiger partial charge in [0.1, 0.15) is 17.5 Å². The van der Waals surface area contributed by atoms with E-state index < -0.39 is 6.04 Å². The molecule has 1 aromatic heterocycles. The molecular formula is C24H31N3O6. The number of likely N-dealkylation sites (tertiary alicyclic amines) is 1. The number of anilines is 2. The molecular weight excluding hydrogens is 426 g/mol. The minimum atomic E-state index is -0.577. The molecule has 2 fully saturated rings. The lowest BCUT2D eigenvalue weighted by molar-refractivity contribution is -0.119. The van der Waals surface area contributed by atoms with Gasteiger partial charge in [-0.1, -0.05) is 0 Å². The molecule has 0 aliphatic carbocycles. The fourth-order valence-electron chi connectivity index (χ4n) is 4.28. The normalized spacial score (nSPS) is 18.3. The summed E-state index contributed by atoms with van der Waals surface area (Å²) in [6.45, 7) is 8.08. The average Bonchev–Trinajstić information content (AvgIpc) is 3.54. The Labute approximate surface area is 193 Å². The largest absolute Gasteiger partial charge is 0.492 e. The third-order valence-corrected chi connectivity index (χ3v) is 5.82. The second-order valence-corrected chi connectivity index (χ2v) is 7.90. The molecule has 0 radical (unpaired) electrons. The Morgan fingerprint density at radius 1 is 1.09 bits per heavy atom. The van der Waals surface area contributed by atoms with E-state index in [0.717, 1.165) is 25.2 Å². The zero-order chi connectivity index (χ0) is 23.2. The molecule has 0 bridgehead atoms. The Balaban J connectivity index is 1.58. The van der Waals surface area contributed by atoms with Gasteiger partial charge in [0.2, 0.25) is 5.91 Å². The number of ether oxygens (including phenoxy) is 3. The van der Waals surface area contributed by atoms with Gasteiger partial charge in [0.05, 0.1) is 44.1 Å². The summed E-state index contributed by atoms with van der Waals surface area (Å²) in [6, 6.07) is 6.42. The van der Waals surface area contributed by atoms with Gasteiger partial charge in [0.25, 0.3) is 5.91 Å². The maximum Gasteiger partial charge on any atom is 0.290 e. The van der Waals surface area contributed by atoms with E-state index in [1.54, 1.807) is 17.0 Å². The highest BCUT2D eigenvalue weighted by molar-refractivity contribution is 6.01. The molecule has 2 amide bonds. The first-order valence-electron chi connectivity index (χ1n) is 11.5. The summed E-state index contributed by atoms with van der Waals surface area (Å²) in [6.07, 6.45) is 2.80. The van der Waals surface area contributed by atoms with Crippen molar-refractivity contribution < 1.29 is 28.2 Å². The van der Waals surface area contributed by atoms with E-state index in [4.69, 9.17) is 18.6 Å². The standard InChI is InChI=1S/C24H31N3O6/c1-3-31-21-16-19(26-10-13-30-14-11-26)22(32-4-2)15-17(21)25-23(28)18-7-5-9-27(18)24(29)20-8-6-12-33-20/h6,8,12,15-16,18H,3-5,7,9-11,13-14H2,1-2H3,(H,25,28)/t18-/m0/s1. The van der Waals surface area contributed by atoms with Crippen LogP contribution in [0.25, 0.3) is 0 Å². The third-order valence-electron chi connectivity index (χ3n) is 5.82. The number of hydrogen-bond acceptors (Lipinski definition) is 7. The number of carbonyl (C=O) groups excluding carboxylic acids is 2. The highest BCUT2D eigenvalue weighted by Gasteiger charge is 2.36. The van der Waals surface area contributed by atoms with E-state index in [0.29, 0.717) is 56.6 Å². The maximum atomic E-state index is 13.3. The molecule has 1 aromatic carbocycles. The predicted molar refractivity (Wildman–Crippen MR) is 123 cm³/mol. The van der Waals surface area contributed by atoms with Crippen molar-refractivity contribution in [2.75, 3.05) is 56.3 Å². The summed E-state index contributed by atoms with van der Waals surface area (Å²) < 4.78 is 22.5. The summed E-state index contributed by atoms with van der Waals surface area (Å²) in [4.78, 5) is 29.8. The molecule has 9 nitrogen and oxygen atoms in total. The summed E-state index contributed by atoms with van der Waals surface area (Å²) >= 11 is 0. The van der Waals surface area contributed by atoms with Gasteiger partial charge in [-0.2, -0.15) is 0 Å². The number of benzene rings is 1. The van der Waals surface area contributed by atoms with Gasteiger partial charge >= 0.3 is 0 Å². The summed E-state index contributed by atoms with van der Waals surface area (Å²) in [5.41, 5.74) is 1.44. The predicted octanol–water partition coefficient (Wildman–Crippen LogP) is 3.16. The van der Waals surface area contributed by atoms with Crippen LogP contribution in [0.1, 0.15) is 37.2 Å². The Kier molecular flexibility index (Phi) is 7.39. The van der Waals surface area contributed by atoms with Crippen molar-refractivity contribution in [2.24, 2.45) is 0 Å². The summed E-state index contributed by atoms with van der Waals surface area (Å²) in [5, 5.41) is 2.98. The second-order valence-electron chi connectivity index (χ2n) is 7.90. The zero-order valence-electron chi connectivity index (χ0n) is 19.2. The molecule has 0 spiro atoms. The Hall–Kier alpha value is -3.20. The number of amides is 2.